The predicted octanol–water partition coefficient (Wildman–Crippen LogP) is 7.13. The fourth-order valence-electron chi connectivity index (χ4n) is 4.19. The molecule has 0 saturated carbocycles. The van der Waals surface area contributed by atoms with Crippen LogP contribution in [-0.4, -0.2) is 7.11 Å². The van der Waals surface area contributed by atoms with E-state index in [4.69, 9.17) is 4.74 Å². The third kappa shape index (κ3) is 2.39. The first-order valence-corrected chi connectivity index (χ1v) is 9.25. The molecule has 5 aromatic rings. The predicted molar refractivity (Wildman–Crippen MR) is 116 cm³/mol. The Labute approximate surface area is 158 Å². The molecule has 27 heavy (non-hydrogen) atoms. The lowest BCUT2D eigenvalue weighted by molar-refractivity contribution is 0.417. The molecule has 0 spiro atoms. The van der Waals surface area contributed by atoms with E-state index in [1.54, 1.807) is 7.11 Å². The van der Waals surface area contributed by atoms with Gasteiger partial charge in [-0.05, 0) is 56.9 Å². The summed E-state index contributed by atoms with van der Waals surface area (Å²) in [5, 5.41) is 7.51. The zero-order chi connectivity index (χ0) is 18.4. The maximum atomic E-state index is 5.84. The standard InChI is InChI=1S/C26H20O/c1-17-8-7-13-22-23(17)16-19-10-4-6-12-21(19)25(22)26-20-11-5-3-9-18(20)14-15-24(26)27-2/h3-16H,1-2H3. The molecule has 1 nitrogen and oxygen atoms in total. The van der Waals surface area contributed by atoms with Crippen molar-refractivity contribution in [2.24, 2.45) is 0 Å². The molecule has 0 aromatic heterocycles. The van der Waals surface area contributed by atoms with Crippen LogP contribution in [0.1, 0.15) is 5.56 Å². The lowest BCUT2D eigenvalue weighted by Crippen LogP contribution is -1.93. The number of methoxy groups -OCH3 is 1. The minimum absolute atomic E-state index is 0.910. The molecular weight excluding hydrogens is 328 g/mol. The smallest absolute Gasteiger partial charge is 0.127 e. The first kappa shape index (κ1) is 15.9. The molecule has 0 aliphatic carbocycles. The molecule has 130 valence electrons. The third-order valence-corrected chi connectivity index (χ3v) is 5.48. The minimum atomic E-state index is 0.910. The van der Waals surface area contributed by atoms with E-state index in [9.17, 15) is 0 Å². The fourth-order valence-corrected chi connectivity index (χ4v) is 4.19. The lowest BCUT2D eigenvalue weighted by atomic mass is 9.88. The van der Waals surface area contributed by atoms with Gasteiger partial charge in [-0.1, -0.05) is 72.8 Å². The average molecular weight is 348 g/mol. The van der Waals surface area contributed by atoms with Crippen LogP contribution < -0.4 is 4.74 Å². The Hall–Kier alpha value is -3.32. The summed E-state index contributed by atoms with van der Waals surface area (Å²) in [5.41, 5.74) is 3.71. The van der Waals surface area contributed by atoms with Gasteiger partial charge in [0.15, 0.2) is 0 Å². The molecule has 0 saturated heterocycles. The molecule has 5 aromatic carbocycles. The minimum Gasteiger partial charge on any atom is -0.496 e. The van der Waals surface area contributed by atoms with Crippen LogP contribution in [0.2, 0.25) is 0 Å². The van der Waals surface area contributed by atoms with Crippen LogP contribution in [0.4, 0.5) is 0 Å². The first-order chi connectivity index (χ1) is 13.3. The number of rotatable bonds is 2. The summed E-state index contributed by atoms with van der Waals surface area (Å²) in [7, 11) is 1.76. The normalized spacial score (nSPS) is 11.3. The maximum absolute atomic E-state index is 5.84. The molecule has 0 bridgehead atoms. The SMILES string of the molecule is COc1ccc2ccccc2c1-c1c2ccccc2cc2c(C)cccc12. The van der Waals surface area contributed by atoms with Crippen molar-refractivity contribution in [3.05, 3.63) is 90.5 Å². The molecule has 0 heterocycles. The Morgan fingerprint density at radius 2 is 1.22 bits per heavy atom. The zero-order valence-electron chi connectivity index (χ0n) is 15.5. The highest BCUT2D eigenvalue weighted by Gasteiger charge is 2.17. The topological polar surface area (TPSA) is 9.23 Å². The van der Waals surface area contributed by atoms with Crippen LogP contribution >= 0.6 is 0 Å². The average Bonchev–Trinajstić information content (AvgIpc) is 2.72. The van der Waals surface area contributed by atoms with Crippen LogP contribution in [0, 0.1) is 6.92 Å². The van der Waals surface area contributed by atoms with Crippen LogP contribution in [0.5, 0.6) is 5.75 Å². The Bertz CT molecular complexity index is 1310. The second-order valence-electron chi connectivity index (χ2n) is 7.01. The van der Waals surface area contributed by atoms with E-state index in [-0.39, 0.29) is 0 Å². The van der Waals surface area contributed by atoms with Gasteiger partial charge in [-0.15, -0.1) is 0 Å². The van der Waals surface area contributed by atoms with E-state index in [0.717, 1.165) is 5.75 Å². The monoisotopic (exact) mass is 348 g/mol. The number of aryl methyl sites for hydroxylation is 1. The van der Waals surface area contributed by atoms with Gasteiger partial charge >= 0.3 is 0 Å². The van der Waals surface area contributed by atoms with Gasteiger partial charge in [0, 0.05) is 11.1 Å². The second kappa shape index (κ2) is 6.14. The molecule has 0 amide bonds. The highest BCUT2D eigenvalue weighted by atomic mass is 16.5. The molecular formula is C26H20O. The van der Waals surface area contributed by atoms with Gasteiger partial charge in [-0.2, -0.15) is 0 Å². The second-order valence-corrected chi connectivity index (χ2v) is 7.01. The maximum Gasteiger partial charge on any atom is 0.127 e. The summed E-state index contributed by atoms with van der Waals surface area (Å²) in [6.07, 6.45) is 0. The van der Waals surface area contributed by atoms with Crippen molar-refractivity contribution in [1.29, 1.82) is 0 Å². The van der Waals surface area contributed by atoms with Crippen molar-refractivity contribution in [1.82, 2.24) is 0 Å². The van der Waals surface area contributed by atoms with Crippen LogP contribution in [0.15, 0.2) is 84.9 Å². The number of benzene rings is 5. The highest BCUT2D eigenvalue weighted by molar-refractivity contribution is 6.18. The summed E-state index contributed by atoms with van der Waals surface area (Å²) in [6.45, 7) is 2.18. The summed E-state index contributed by atoms with van der Waals surface area (Å²) in [5.74, 6) is 0.910. The molecule has 1 heteroatoms. The van der Waals surface area contributed by atoms with Crippen molar-refractivity contribution >= 4 is 32.3 Å². The number of ether oxygens (including phenoxy) is 1. The molecule has 0 aliphatic rings. The molecule has 0 aliphatic heterocycles. The van der Waals surface area contributed by atoms with E-state index in [0.29, 0.717) is 0 Å². The van der Waals surface area contributed by atoms with Crippen LogP contribution in [0.3, 0.4) is 0 Å². The van der Waals surface area contributed by atoms with Gasteiger partial charge in [0.05, 0.1) is 7.11 Å². The van der Waals surface area contributed by atoms with Gasteiger partial charge in [0.1, 0.15) is 5.75 Å². The Balaban J connectivity index is 2.08. The quantitative estimate of drug-likeness (QED) is 0.308. The first-order valence-electron chi connectivity index (χ1n) is 9.25. The largest absolute Gasteiger partial charge is 0.496 e. The van der Waals surface area contributed by atoms with Crippen molar-refractivity contribution in [2.45, 2.75) is 6.92 Å². The molecule has 5 rings (SSSR count). The van der Waals surface area contributed by atoms with Crippen molar-refractivity contribution < 1.29 is 4.74 Å². The summed E-state index contributed by atoms with van der Waals surface area (Å²) >= 11 is 0. The number of fused-ring (bicyclic) bond motifs is 3. The summed E-state index contributed by atoms with van der Waals surface area (Å²) in [6, 6.07) is 30.3. The molecule has 0 fully saturated rings. The fraction of sp³-hybridized carbons (Fsp3) is 0.0769. The third-order valence-electron chi connectivity index (χ3n) is 5.48. The van der Waals surface area contributed by atoms with E-state index in [1.807, 2.05) is 0 Å². The van der Waals surface area contributed by atoms with Gasteiger partial charge in [-0.25, -0.2) is 0 Å². The zero-order valence-corrected chi connectivity index (χ0v) is 15.5. The lowest BCUT2D eigenvalue weighted by Gasteiger charge is -2.18. The molecule has 0 radical (unpaired) electrons. The molecule has 0 atom stereocenters. The van der Waals surface area contributed by atoms with Crippen molar-refractivity contribution in [3.8, 4) is 16.9 Å². The summed E-state index contributed by atoms with van der Waals surface area (Å²) in [4.78, 5) is 0. The number of hydrogen-bond donors (Lipinski definition) is 0. The van der Waals surface area contributed by atoms with E-state index in [1.165, 1.54) is 49.0 Å². The van der Waals surface area contributed by atoms with Gasteiger partial charge in [0.25, 0.3) is 0 Å². The van der Waals surface area contributed by atoms with Gasteiger partial charge in [-0.3, -0.25) is 0 Å². The highest BCUT2D eigenvalue weighted by Crippen LogP contribution is 2.44. The van der Waals surface area contributed by atoms with Gasteiger partial charge < -0.3 is 4.74 Å². The van der Waals surface area contributed by atoms with Crippen molar-refractivity contribution in [3.63, 3.8) is 0 Å². The van der Waals surface area contributed by atoms with Crippen LogP contribution in [-0.2, 0) is 0 Å². The molecule has 0 N–H and O–H groups in total. The van der Waals surface area contributed by atoms with Crippen molar-refractivity contribution in [2.75, 3.05) is 7.11 Å². The van der Waals surface area contributed by atoms with Crippen LogP contribution in [0.25, 0.3) is 43.4 Å². The molecule has 0 unspecified atom stereocenters. The summed E-state index contributed by atoms with van der Waals surface area (Å²) < 4.78 is 5.84. The number of hydrogen-bond acceptors (Lipinski definition) is 1. The Kier molecular flexibility index (Phi) is 3.61. The van der Waals surface area contributed by atoms with E-state index < -0.39 is 0 Å². The van der Waals surface area contributed by atoms with E-state index in [2.05, 4.69) is 91.9 Å². The Morgan fingerprint density at radius 3 is 2.00 bits per heavy atom. The van der Waals surface area contributed by atoms with E-state index >= 15 is 0 Å². The van der Waals surface area contributed by atoms with Gasteiger partial charge in [0.2, 0.25) is 0 Å². The Morgan fingerprint density at radius 1 is 0.556 bits per heavy atom.